The number of nitrogens with two attached hydrogens (primary N) is 1. The molecule has 1 aromatic rings. The molecule has 1 fully saturated rings. The van der Waals surface area contributed by atoms with Crippen molar-refractivity contribution in [3.8, 4) is 0 Å². The van der Waals surface area contributed by atoms with E-state index in [4.69, 9.17) is 5.73 Å². The monoisotopic (exact) mass is 347 g/mol. The van der Waals surface area contributed by atoms with Gasteiger partial charge in [0.1, 0.15) is 10.7 Å². The van der Waals surface area contributed by atoms with E-state index in [2.05, 4.69) is 20.9 Å². The summed E-state index contributed by atoms with van der Waals surface area (Å²) in [4.78, 5) is 16.5. The van der Waals surface area contributed by atoms with Gasteiger partial charge in [0.2, 0.25) is 0 Å². The molecule has 0 aliphatic carbocycles. The largest absolute Gasteiger partial charge is 0.395 e. The van der Waals surface area contributed by atoms with Gasteiger partial charge in [0.05, 0.1) is 18.0 Å². The van der Waals surface area contributed by atoms with Crippen LogP contribution < -0.4 is 11.4 Å². The Labute approximate surface area is 122 Å². The van der Waals surface area contributed by atoms with Gasteiger partial charge in [-0.05, 0) is 17.1 Å². The quantitative estimate of drug-likeness (QED) is 0.724. The average Bonchev–Trinajstić information content (AvgIpc) is 2.66. The van der Waals surface area contributed by atoms with Crippen molar-refractivity contribution < 1.29 is 10.2 Å². The van der Waals surface area contributed by atoms with Crippen LogP contribution in [0.1, 0.15) is 6.42 Å². The first-order valence-electron chi connectivity index (χ1n) is 5.63. The van der Waals surface area contributed by atoms with Crippen LogP contribution in [-0.2, 0) is 4.87 Å². The highest BCUT2D eigenvalue weighted by Crippen LogP contribution is 2.47. The van der Waals surface area contributed by atoms with Gasteiger partial charge in [0, 0.05) is 12.6 Å². The lowest BCUT2D eigenvalue weighted by atomic mass is 10.1. The summed E-state index contributed by atoms with van der Waals surface area (Å²) in [5, 5.41) is 18.9. The maximum Gasteiger partial charge on any atom is 0.350 e. The SMILES string of the molecule is Nc1ccn([C@@]2(/C=C/Br)C[C@H](O)[C@@H](CO)S2)c(=O)n1. The number of nitrogens with zero attached hydrogens (tertiary/aromatic N) is 2. The second kappa shape index (κ2) is 5.66. The first-order valence-corrected chi connectivity index (χ1v) is 7.42. The Bertz CT molecular complexity index is 550. The normalized spacial score (nSPS) is 31.1. The highest BCUT2D eigenvalue weighted by atomic mass is 79.9. The molecule has 3 atom stereocenters. The molecule has 0 saturated carbocycles. The summed E-state index contributed by atoms with van der Waals surface area (Å²) >= 11 is 4.52. The summed E-state index contributed by atoms with van der Waals surface area (Å²) in [5.74, 6) is 0.154. The third kappa shape index (κ3) is 2.71. The molecule has 0 unspecified atom stereocenters. The Morgan fingerprint density at radius 3 is 3.00 bits per heavy atom. The number of aliphatic hydroxyl groups is 2. The zero-order valence-electron chi connectivity index (χ0n) is 9.94. The smallest absolute Gasteiger partial charge is 0.350 e. The molecule has 2 heterocycles. The Balaban J connectivity index is 2.49. The Morgan fingerprint density at radius 1 is 1.74 bits per heavy atom. The standard InChI is InChI=1S/C11H14BrN3O3S/c12-3-2-11(5-7(17)8(6-16)19-11)15-4-1-9(13)14-10(15)18/h1-4,7-8,16-17H,5-6H2,(H2,13,14,18)/b3-2+/t7-,8+,11+/m0/s1. The van der Waals surface area contributed by atoms with E-state index in [9.17, 15) is 15.0 Å². The van der Waals surface area contributed by atoms with E-state index in [0.29, 0.717) is 6.42 Å². The van der Waals surface area contributed by atoms with Crippen molar-refractivity contribution in [3.63, 3.8) is 0 Å². The molecular weight excluding hydrogens is 334 g/mol. The number of hydrogen-bond donors (Lipinski definition) is 3. The minimum Gasteiger partial charge on any atom is -0.395 e. The first kappa shape index (κ1) is 14.6. The van der Waals surface area contributed by atoms with E-state index in [1.807, 2.05) is 0 Å². The molecule has 0 amide bonds. The number of rotatable bonds is 3. The highest BCUT2D eigenvalue weighted by molar-refractivity contribution is 9.11. The zero-order chi connectivity index (χ0) is 14.0. The molecule has 4 N–H and O–H groups in total. The number of anilines is 1. The van der Waals surface area contributed by atoms with Crippen LogP contribution in [0.5, 0.6) is 0 Å². The fourth-order valence-electron chi connectivity index (χ4n) is 2.12. The van der Waals surface area contributed by atoms with E-state index in [1.165, 1.54) is 22.4 Å². The van der Waals surface area contributed by atoms with Gasteiger partial charge in [0.15, 0.2) is 0 Å². The summed E-state index contributed by atoms with van der Waals surface area (Å²) in [6, 6.07) is 1.53. The molecule has 0 bridgehead atoms. The summed E-state index contributed by atoms with van der Waals surface area (Å²) < 4.78 is 1.42. The summed E-state index contributed by atoms with van der Waals surface area (Å²) in [6.45, 7) is -0.152. The molecule has 8 heteroatoms. The fraction of sp³-hybridized carbons (Fsp3) is 0.455. The van der Waals surface area contributed by atoms with Crippen LogP contribution in [-0.4, -0.2) is 37.7 Å². The molecule has 1 aliphatic rings. The molecule has 0 spiro atoms. The summed E-state index contributed by atoms with van der Waals surface area (Å²) in [6.07, 6.45) is 2.94. The van der Waals surface area contributed by atoms with Crippen molar-refractivity contribution in [1.29, 1.82) is 0 Å². The second-order valence-electron chi connectivity index (χ2n) is 4.25. The predicted octanol–water partition coefficient (Wildman–Crippen LogP) is 0.246. The van der Waals surface area contributed by atoms with E-state index in [-0.39, 0.29) is 17.7 Å². The topological polar surface area (TPSA) is 101 Å². The maximum absolute atomic E-state index is 12.0. The molecular formula is C11H14BrN3O3S. The molecule has 2 rings (SSSR count). The van der Waals surface area contributed by atoms with Crippen molar-refractivity contribution >= 4 is 33.5 Å². The Morgan fingerprint density at radius 2 is 2.47 bits per heavy atom. The highest BCUT2D eigenvalue weighted by Gasteiger charge is 2.45. The number of aromatic nitrogens is 2. The molecule has 104 valence electrons. The van der Waals surface area contributed by atoms with Gasteiger partial charge in [-0.2, -0.15) is 4.98 Å². The van der Waals surface area contributed by atoms with E-state index >= 15 is 0 Å². The summed E-state index contributed by atoms with van der Waals surface area (Å²) in [7, 11) is 0. The zero-order valence-corrected chi connectivity index (χ0v) is 12.3. The third-order valence-electron chi connectivity index (χ3n) is 3.02. The van der Waals surface area contributed by atoms with Crippen LogP contribution in [0.25, 0.3) is 0 Å². The Kier molecular flexibility index (Phi) is 4.34. The van der Waals surface area contributed by atoms with Crippen LogP contribution in [0.15, 0.2) is 28.1 Å². The van der Waals surface area contributed by atoms with Crippen molar-refractivity contribution in [2.75, 3.05) is 12.3 Å². The van der Waals surface area contributed by atoms with Crippen LogP contribution in [0.3, 0.4) is 0 Å². The lowest BCUT2D eigenvalue weighted by molar-refractivity contribution is 0.131. The van der Waals surface area contributed by atoms with Gasteiger partial charge in [-0.1, -0.05) is 15.9 Å². The van der Waals surface area contributed by atoms with Gasteiger partial charge in [-0.3, -0.25) is 4.57 Å². The van der Waals surface area contributed by atoms with E-state index in [1.54, 1.807) is 17.3 Å². The van der Waals surface area contributed by atoms with E-state index < -0.39 is 16.7 Å². The Hall–Kier alpha value is -0.830. The maximum atomic E-state index is 12.0. The van der Waals surface area contributed by atoms with Gasteiger partial charge < -0.3 is 15.9 Å². The molecule has 1 saturated heterocycles. The number of nitrogen functional groups attached to an aromatic ring is 1. The van der Waals surface area contributed by atoms with Crippen molar-refractivity contribution in [2.24, 2.45) is 0 Å². The fourth-order valence-corrected chi connectivity index (χ4v) is 4.25. The van der Waals surface area contributed by atoms with Gasteiger partial charge in [-0.15, -0.1) is 11.8 Å². The van der Waals surface area contributed by atoms with Crippen LogP contribution in [0.2, 0.25) is 0 Å². The van der Waals surface area contributed by atoms with Gasteiger partial charge >= 0.3 is 5.69 Å². The molecule has 0 aromatic carbocycles. The predicted molar refractivity (Wildman–Crippen MR) is 78.0 cm³/mol. The lowest BCUT2D eigenvalue weighted by Crippen LogP contribution is -2.37. The van der Waals surface area contributed by atoms with E-state index in [0.717, 1.165) is 0 Å². The van der Waals surface area contributed by atoms with Gasteiger partial charge in [0.25, 0.3) is 0 Å². The lowest BCUT2D eigenvalue weighted by Gasteiger charge is -2.26. The number of hydrogen-bond acceptors (Lipinski definition) is 6. The van der Waals surface area contributed by atoms with Crippen LogP contribution in [0.4, 0.5) is 5.82 Å². The van der Waals surface area contributed by atoms with Gasteiger partial charge in [-0.25, -0.2) is 4.79 Å². The molecule has 6 nitrogen and oxygen atoms in total. The molecule has 0 radical (unpaired) electrons. The van der Waals surface area contributed by atoms with Crippen LogP contribution >= 0.6 is 27.7 Å². The molecule has 19 heavy (non-hydrogen) atoms. The van der Waals surface area contributed by atoms with Crippen molar-refractivity contribution in [3.05, 3.63) is 33.8 Å². The third-order valence-corrected chi connectivity index (χ3v) is 4.96. The van der Waals surface area contributed by atoms with Crippen LogP contribution in [0, 0.1) is 0 Å². The second-order valence-corrected chi connectivity index (χ2v) is 6.33. The van der Waals surface area contributed by atoms with Crippen molar-refractivity contribution in [1.82, 2.24) is 9.55 Å². The minimum absolute atomic E-state index is 0.152. The van der Waals surface area contributed by atoms with Crippen molar-refractivity contribution in [2.45, 2.75) is 22.6 Å². The number of thioether (sulfide) groups is 1. The first-order chi connectivity index (χ1) is 9.02. The minimum atomic E-state index is -0.770. The number of aliphatic hydroxyl groups excluding tert-OH is 2. The molecule has 1 aromatic heterocycles. The summed E-state index contributed by atoms with van der Waals surface area (Å²) in [5.41, 5.74) is 4.99. The average molecular weight is 348 g/mol. The molecule has 1 aliphatic heterocycles. The number of halogens is 1.